The van der Waals surface area contributed by atoms with E-state index >= 15 is 0 Å². The van der Waals surface area contributed by atoms with Crippen molar-refractivity contribution in [3.63, 3.8) is 0 Å². The van der Waals surface area contributed by atoms with Crippen molar-refractivity contribution in [1.82, 2.24) is 0 Å². The van der Waals surface area contributed by atoms with Crippen molar-refractivity contribution in [2.45, 2.75) is 39.4 Å². The van der Waals surface area contributed by atoms with Gasteiger partial charge in [0, 0.05) is 7.11 Å². The zero-order valence-corrected chi connectivity index (χ0v) is 12.9. The first-order valence-corrected chi connectivity index (χ1v) is 7.91. The molecular weight excluding hydrogens is 254 g/mol. The number of hydrogen-bond acceptors (Lipinski definition) is 6. The summed E-state index contributed by atoms with van der Waals surface area (Å²) in [5.41, 5.74) is 5.48. The van der Waals surface area contributed by atoms with E-state index in [1.165, 1.54) is 0 Å². The van der Waals surface area contributed by atoms with Gasteiger partial charge in [-0.15, -0.1) is 0 Å². The average molecular weight is 280 g/mol. The largest absolute Gasteiger partial charge is 0.404 e. The number of hydrogen-bond donors (Lipinski definition) is 1. The lowest BCUT2D eigenvalue weighted by molar-refractivity contribution is -0.473. The normalized spacial score (nSPS) is 12.3. The maximum atomic E-state index is 5.77. The van der Waals surface area contributed by atoms with Crippen LogP contribution in [0.2, 0.25) is 6.04 Å². The number of rotatable bonds is 12. The Balaban J connectivity index is 4.58. The zero-order chi connectivity index (χ0) is 13.9. The van der Waals surface area contributed by atoms with Gasteiger partial charge >= 0.3 is 15.4 Å². The van der Waals surface area contributed by atoms with Gasteiger partial charge < -0.3 is 28.8 Å². The van der Waals surface area contributed by atoms with E-state index in [2.05, 4.69) is 0 Å². The summed E-state index contributed by atoms with van der Waals surface area (Å²) < 4.78 is 27.5. The van der Waals surface area contributed by atoms with Crippen molar-refractivity contribution in [3.05, 3.63) is 0 Å². The van der Waals surface area contributed by atoms with Gasteiger partial charge in [0.05, 0.1) is 19.8 Å². The van der Waals surface area contributed by atoms with Crippen molar-refractivity contribution in [1.29, 1.82) is 0 Å². The van der Waals surface area contributed by atoms with Crippen molar-refractivity contribution in [2.75, 3.05) is 33.5 Å². The van der Waals surface area contributed by atoms with Crippen LogP contribution in [0.1, 0.15) is 27.2 Å². The van der Waals surface area contributed by atoms with Gasteiger partial charge in [-0.2, -0.15) is 0 Å². The Morgan fingerprint density at radius 2 is 1.50 bits per heavy atom. The van der Waals surface area contributed by atoms with E-state index in [1.807, 2.05) is 20.8 Å². The fraction of sp³-hybridized carbons (Fsp3) is 1.00. The summed E-state index contributed by atoms with van der Waals surface area (Å²) in [4.78, 5) is 0. The zero-order valence-electron chi connectivity index (χ0n) is 11.9. The molecule has 0 aromatic carbocycles. The second-order valence-corrected chi connectivity index (χ2v) is 5.23. The van der Waals surface area contributed by atoms with Crippen LogP contribution in [0.3, 0.4) is 0 Å². The summed E-state index contributed by atoms with van der Waals surface area (Å²) >= 11 is 0. The smallest absolute Gasteiger partial charge is 0.397 e. The predicted molar refractivity (Wildman–Crippen MR) is 69.9 cm³/mol. The molecule has 0 atom stereocenters. The van der Waals surface area contributed by atoms with Crippen LogP contribution in [0.5, 0.6) is 0 Å². The molecule has 0 aliphatic carbocycles. The van der Waals surface area contributed by atoms with Crippen LogP contribution < -0.4 is 5.73 Å². The fourth-order valence-electron chi connectivity index (χ4n) is 1.32. The first-order chi connectivity index (χ1) is 8.67. The van der Waals surface area contributed by atoms with E-state index < -0.39 is 15.4 Å². The molecular formula is C11H26NO5Si. The molecule has 18 heavy (non-hydrogen) atoms. The van der Waals surface area contributed by atoms with Gasteiger partial charge in [0.25, 0.3) is 0 Å². The van der Waals surface area contributed by atoms with Gasteiger partial charge in [-0.1, -0.05) is 0 Å². The molecule has 0 amide bonds. The third-order valence-corrected chi connectivity index (χ3v) is 3.71. The minimum Gasteiger partial charge on any atom is -0.397 e. The number of nitrogens with two attached hydrogens (primary N) is 1. The molecule has 6 nitrogen and oxygen atoms in total. The minimum absolute atomic E-state index is 0.426. The molecule has 0 spiro atoms. The van der Waals surface area contributed by atoms with Gasteiger partial charge in [-0.25, -0.2) is 0 Å². The Morgan fingerprint density at radius 3 is 1.83 bits per heavy atom. The topological polar surface area (TPSA) is 72.2 Å². The highest BCUT2D eigenvalue weighted by Crippen LogP contribution is 2.20. The maximum Gasteiger partial charge on any atom is 0.404 e. The molecule has 0 unspecified atom stereocenters. The van der Waals surface area contributed by atoms with Crippen LogP contribution in [-0.2, 0) is 23.1 Å². The minimum atomic E-state index is -1.52. The Kier molecular flexibility index (Phi) is 10.8. The van der Waals surface area contributed by atoms with E-state index in [1.54, 1.807) is 7.11 Å². The summed E-state index contributed by atoms with van der Waals surface area (Å²) in [7, 11) is 0.0869. The monoisotopic (exact) mass is 280 g/mol. The lowest BCUT2D eigenvalue weighted by Gasteiger charge is -2.33. The number of ether oxygens (including phenoxy) is 3. The van der Waals surface area contributed by atoms with Crippen LogP contribution in [0, 0.1) is 0 Å². The third kappa shape index (κ3) is 6.79. The van der Waals surface area contributed by atoms with Gasteiger partial charge in [0.2, 0.25) is 0 Å². The molecule has 0 heterocycles. The molecule has 7 heteroatoms. The Bertz CT molecular complexity index is 179. The highest BCUT2D eigenvalue weighted by molar-refractivity contribution is 6.44. The third-order valence-electron chi connectivity index (χ3n) is 2.01. The lowest BCUT2D eigenvalue weighted by atomic mass is 10.5. The summed E-state index contributed by atoms with van der Waals surface area (Å²) in [5.74, 6) is 0. The van der Waals surface area contributed by atoms with E-state index in [0.717, 1.165) is 12.5 Å². The molecule has 0 aliphatic rings. The summed E-state index contributed by atoms with van der Waals surface area (Å²) in [6.45, 7) is 7.45. The average Bonchev–Trinajstić information content (AvgIpc) is 2.35. The van der Waals surface area contributed by atoms with Crippen LogP contribution in [-0.4, -0.2) is 48.9 Å². The Labute approximate surface area is 112 Å². The van der Waals surface area contributed by atoms with E-state index in [4.69, 9.17) is 28.8 Å². The molecule has 0 aromatic heterocycles. The predicted octanol–water partition coefficient (Wildman–Crippen LogP) is 1.21. The molecule has 0 aromatic rings. The molecule has 0 rings (SSSR count). The molecule has 0 fully saturated rings. The molecule has 0 saturated heterocycles. The maximum absolute atomic E-state index is 5.77. The molecule has 0 aliphatic heterocycles. The van der Waals surface area contributed by atoms with E-state index in [-0.39, 0.29) is 0 Å². The summed E-state index contributed by atoms with van der Waals surface area (Å²) in [6.07, 6.45) is -0.611. The fourth-order valence-corrected chi connectivity index (χ4v) is 2.66. The Morgan fingerprint density at radius 1 is 1.00 bits per heavy atom. The van der Waals surface area contributed by atoms with Gasteiger partial charge in [0.1, 0.15) is 0 Å². The van der Waals surface area contributed by atoms with Gasteiger partial charge in [0.15, 0.2) is 0 Å². The SMILES string of the molecule is CCOC(OCC)(OCC)O[Si](CCCN)OC. The quantitative estimate of drug-likeness (QED) is 0.428. The first kappa shape index (κ1) is 18.0. The molecule has 109 valence electrons. The highest BCUT2D eigenvalue weighted by atomic mass is 28.3. The van der Waals surface area contributed by atoms with E-state index in [9.17, 15) is 0 Å². The molecule has 0 saturated carbocycles. The van der Waals surface area contributed by atoms with Crippen molar-refractivity contribution in [3.8, 4) is 0 Å². The molecule has 1 radical (unpaired) electrons. The van der Waals surface area contributed by atoms with Gasteiger partial charge in [-0.05, 0) is 39.8 Å². The van der Waals surface area contributed by atoms with Crippen molar-refractivity contribution < 1.29 is 23.1 Å². The van der Waals surface area contributed by atoms with Crippen LogP contribution >= 0.6 is 0 Å². The highest BCUT2D eigenvalue weighted by Gasteiger charge is 2.38. The first-order valence-electron chi connectivity index (χ1n) is 6.38. The Hall–Kier alpha value is -0.0231. The summed E-state index contributed by atoms with van der Waals surface area (Å²) in [5, 5.41) is 0. The van der Waals surface area contributed by atoms with Crippen LogP contribution in [0.4, 0.5) is 0 Å². The standard InChI is InChI=1S/C11H26NO5Si/c1-5-14-11(15-6-2,16-7-3)17-18(13-4)10-8-9-12/h5-10,12H2,1-4H3. The van der Waals surface area contributed by atoms with E-state index in [0.29, 0.717) is 26.4 Å². The van der Waals surface area contributed by atoms with Crippen LogP contribution in [0.15, 0.2) is 0 Å². The van der Waals surface area contributed by atoms with Crippen LogP contribution in [0.25, 0.3) is 0 Å². The second-order valence-electron chi connectivity index (χ2n) is 3.37. The van der Waals surface area contributed by atoms with Gasteiger partial charge in [-0.3, -0.25) is 0 Å². The lowest BCUT2D eigenvalue weighted by Crippen LogP contribution is -2.47. The van der Waals surface area contributed by atoms with Crippen molar-refractivity contribution in [2.24, 2.45) is 5.73 Å². The molecule has 2 N–H and O–H groups in total. The molecule has 0 bridgehead atoms. The van der Waals surface area contributed by atoms with Crippen molar-refractivity contribution >= 4 is 9.28 Å². The summed E-state index contributed by atoms with van der Waals surface area (Å²) in [6, 6.07) is 0.757. The second kappa shape index (κ2) is 10.9.